The average Bonchev–Trinajstić information content (AvgIpc) is 2.61. The predicted molar refractivity (Wildman–Crippen MR) is 108 cm³/mol. The molecule has 0 aromatic carbocycles. The summed E-state index contributed by atoms with van der Waals surface area (Å²) in [6.07, 6.45) is 21.9. The van der Waals surface area contributed by atoms with Crippen LogP contribution in [0.3, 0.4) is 0 Å². The van der Waals surface area contributed by atoms with Gasteiger partial charge in [-0.15, -0.1) is 0 Å². The molecule has 0 rings (SSSR count). The van der Waals surface area contributed by atoms with Crippen LogP contribution in [0, 0.1) is 0 Å². The Balaban J connectivity index is 0. The van der Waals surface area contributed by atoms with Crippen LogP contribution in [0.15, 0.2) is 24.3 Å². The summed E-state index contributed by atoms with van der Waals surface area (Å²) in [5.41, 5.74) is 0. The molecule has 0 aromatic rings. The molecule has 6 nitrogen and oxygen atoms in total. The van der Waals surface area contributed by atoms with Crippen LogP contribution in [0.4, 0.5) is 0 Å². The van der Waals surface area contributed by atoms with Gasteiger partial charge < -0.3 is 19.6 Å². The quantitative estimate of drug-likeness (QED) is 0.150. The summed E-state index contributed by atoms with van der Waals surface area (Å²) in [6, 6.07) is 0. The Labute approximate surface area is 193 Å². The van der Waals surface area contributed by atoms with E-state index in [1.807, 2.05) is 0 Å². The van der Waals surface area contributed by atoms with E-state index in [2.05, 4.69) is 41.1 Å². The van der Waals surface area contributed by atoms with Gasteiger partial charge in [0.2, 0.25) is 5.91 Å². The number of carbonyl (C=O) groups is 1. The van der Waals surface area contributed by atoms with Crippen molar-refractivity contribution in [3.05, 3.63) is 24.3 Å². The van der Waals surface area contributed by atoms with Gasteiger partial charge in [-0.25, -0.2) is 0 Å². The van der Waals surface area contributed by atoms with E-state index in [0.29, 0.717) is 6.42 Å². The van der Waals surface area contributed by atoms with Crippen LogP contribution in [0.1, 0.15) is 84.0 Å². The zero-order valence-corrected chi connectivity index (χ0v) is 20.6. The Kier molecular flexibility index (Phi) is 23.5. The molecule has 158 valence electrons. The Morgan fingerprint density at radius 3 is 2.18 bits per heavy atom. The minimum Gasteiger partial charge on any atom is -0.756 e. The largest absolute Gasteiger partial charge is 1.00 e. The zero-order valence-electron chi connectivity index (χ0n) is 17.7. The molecule has 0 radical (unpaired) electrons. The van der Waals surface area contributed by atoms with Gasteiger partial charge in [0.1, 0.15) is 0 Å². The molecule has 1 atom stereocenters. The second-order valence-electron chi connectivity index (χ2n) is 6.63. The van der Waals surface area contributed by atoms with Crippen LogP contribution in [0.5, 0.6) is 0 Å². The van der Waals surface area contributed by atoms with Gasteiger partial charge in [-0.1, -0.05) is 63.3 Å². The van der Waals surface area contributed by atoms with E-state index < -0.39 is 7.82 Å². The molecule has 0 bridgehead atoms. The van der Waals surface area contributed by atoms with Gasteiger partial charge in [0.15, 0.2) is 0 Å². The summed E-state index contributed by atoms with van der Waals surface area (Å²) in [5.74, 6) is -0.122. The SMILES string of the molecule is CCCCC/C=C\C/C=C\CCCCCCCC(=O)NCCOP(=O)([O-])O.[Na+]. The molecule has 0 heterocycles. The van der Waals surface area contributed by atoms with Crippen LogP contribution in [-0.4, -0.2) is 24.0 Å². The van der Waals surface area contributed by atoms with Gasteiger partial charge in [0, 0.05) is 13.0 Å². The minimum atomic E-state index is -4.69. The third kappa shape index (κ3) is 26.1. The monoisotopic (exact) mass is 425 g/mol. The molecule has 0 saturated carbocycles. The molecule has 0 aromatic heterocycles. The molecule has 0 aliphatic heterocycles. The molecule has 1 amide bonds. The number of carbonyl (C=O) groups excluding carboxylic acids is 1. The van der Waals surface area contributed by atoms with Crippen molar-refractivity contribution in [2.45, 2.75) is 84.0 Å². The van der Waals surface area contributed by atoms with Gasteiger partial charge in [-0.2, -0.15) is 0 Å². The number of amides is 1. The normalized spacial score (nSPS) is 13.5. The number of rotatable bonds is 18. The van der Waals surface area contributed by atoms with E-state index in [1.54, 1.807) is 0 Å². The standard InChI is InChI=1S/C20H38NO5P.Na/c1-2-3-4-5-6-7-8-9-10-11-12-13-14-15-16-17-20(22)21-18-19-26-27(23,24)25;/h6-7,9-10H,2-5,8,11-19H2,1H3,(H,21,22)(H2,23,24,25);/q;+1/p-1/b7-6-,10-9-;. The zero-order chi connectivity index (χ0) is 20.2. The summed E-state index contributed by atoms with van der Waals surface area (Å²) in [5, 5.41) is 2.56. The van der Waals surface area contributed by atoms with Crippen molar-refractivity contribution in [1.82, 2.24) is 5.32 Å². The van der Waals surface area contributed by atoms with Crippen LogP contribution >= 0.6 is 7.82 Å². The van der Waals surface area contributed by atoms with Crippen molar-refractivity contribution in [3.63, 3.8) is 0 Å². The second kappa shape index (κ2) is 21.8. The van der Waals surface area contributed by atoms with Crippen molar-refractivity contribution in [3.8, 4) is 0 Å². The first-order chi connectivity index (χ1) is 13.0. The van der Waals surface area contributed by atoms with Crippen LogP contribution in [0.25, 0.3) is 0 Å². The second-order valence-corrected chi connectivity index (χ2v) is 7.83. The van der Waals surface area contributed by atoms with Crippen molar-refractivity contribution < 1.29 is 53.2 Å². The third-order valence-corrected chi connectivity index (χ3v) is 4.54. The number of allylic oxidation sites excluding steroid dienone is 4. The summed E-state index contributed by atoms with van der Waals surface area (Å²) < 4.78 is 14.5. The molecule has 28 heavy (non-hydrogen) atoms. The smallest absolute Gasteiger partial charge is 0.756 e. The predicted octanol–water partition coefficient (Wildman–Crippen LogP) is 1.40. The van der Waals surface area contributed by atoms with E-state index >= 15 is 0 Å². The van der Waals surface area contributed by atoms with Gasteiger partial charge >= 0.3 is 29.6 Å². The molecular formula is C20H37NNaO5P. The molecular weight excluding hydrogens is 388 g/mol. The molecule has 0 fully saturated rings. The Bertz CT molecular complexity index is 466. The number of hydrogen-bond donors (Lipinski definition) is 2. The maximum atomic E-state index is 11.5. The number of hydrogen-bond acceptors (Lipinski definition) is 4. The first-order valence-electron chi connectivity index (χ1n) is 10.2. The van der Waals surface area contributed by atoms with E-state index in [9.17, 15) is 14.3 Å². The number of phosphoric ester groups is 1. The number of nitrogens with one attached hydrogen (secondary N) is 1. The summed E-state index contributed by atoms with van der Waals surface area (Å²) in [6.45, 7) is 2.05. The number of unbranched alkanes of at least 4 members (excludes halogenated alkanes) is 8. The van der Waals surface area contributed by atoms with Crippen LogP contribution < -0.4 is 39.8 Å². The number of phosphoric acid groups is 1. The van der Waals surface area contributed by atoms with Crippen molar-refractivity contribution in [2.75, 3.05) is 13.2 Å². The molecule has 0 spiro atoms. The molecule has 2 N–H and O–H groups in total. The maximum Gasteiger partial charge on any atom is 1.00 e. The molecule has 1 unspecified atom stereocenters. The van der Waals surface area contributed by atoms with Gasteiger partial charge in [-0.3, -0.25) is 9.36 Å². The van der Waals surface area contributed by atoms with Gasteiger partial charge in [0.05, 0.1) is 6.61 Å². The fourth-order valence-corrected chi connectivity index (χ4v) is 2.86. The summed E-state index contributed by atoms with van der Waals surface area (Å²) in [7, 11) is -4.69. The summed E-state index contributed by atoms with van der Waals surface area (Å²) >= 11 is 0. The average molecular weight is 425 g/mol. The van der Waals surface area contributed by atoms with E-state index in [-0.39, 0.29) is 48.6 Å². The fourth-order valence-electron chi connectivity index (χ4n) is 2.54. The van der Waals surface area contributed by atoms with Crippen LogP contribution in [0.2, 0.25) is 0 Å². The van der Waals surface area contributed by atoms with Crippen LogP contribution in [-0.2, 0) is 13.9 Å². The maximum absolute atomic E-state index is 11.5. The first-order valence-corrected chi connectivity index (χ1v) is 11.7. The molecule has 0 saturated heterocycles. The first kappa shape index (κ1) is 30.3. The fraction of sp³-hybridized carbons (Fsp3) is 0.750. The Morgan fingerprint density at radius 2 is 1.57 bits per heavy atom. The van der Waals surface area contributed by atoms with Gasteiger partial charge in [-0.05, 0) is 38.5 Å². The van der Waals surface area contributed by atoms with Crippen molar-refractivity contribution in [1.29, 1.82) is 0 Å². The van der Waals surface area contributed by atoms with E-state index in [0.717, 1.165) is 32.1 Å². The summed E-state index contributed by atoms with van der Waals surface area (Å²) in [4.78, 5) is 30.2. The van der Waals surface area contributed by atoms with Crippen molar-refractivity contribution in [2.24, 2.45) is 0 Å². The van der Waals surface area contributed by atoms with E-state index in [1.165, 1.54) is 38.5 Å². The van der Waals surface area contributed by atoms with E-state index in [4.69, 9.17) is 4.89 Å². The third-order valence-electron chi connectivity index (χ3n) is 4.03. The Morgan fingerprint density at radius 1 is 1.00 bits per heavy atom. The van der Waals surface area contributed by atoms with Gasteiger partial charge in [0.25, 0.3) is 7.82 Å². The molecule has 8 heteroatoms. The topological polar surface area (TPSA) is 98.7 Å². The minimum absolute atomic E-state index is 0. The molecule has 0 aliphatic rings. The van der Waals surface area contributed by atoms with Crippen molar-refractivity contribution >= 4 is 13.7 Å². The molecule has 0 aliphatic carbocycles. The Hall–Kier alpha value is 0.0600.